The second-order valence-electron chi connectivity index (χ2n) is 9.02. The molecular weight excluding hydrogens is 492 g/mol. The van der Waals surface area contributed by atoms with Crippen molar-refractivity contribution in [3.8, 4) is 0 Å². The van der Waals surface area contributed by atoms with Crippen molar-refractivity contribution in [3.05, 3.63) is 151 Å². The summed E-state index contributed by atoms with van der Waals surface area (Å²) in [5.74, 6) is 0. The number of nitrogens with zero attached hydrogens (tertiary/aromatic N) is 1. The zero-order chi connectivity index (χ0) is 25.9. The largest absolute Gasteiger partial charge is 0.289 e. The van der Waals surface area contributed by atoms with Crippen LogP contribution in [0.25, 0.3) is 0 Å². The van der Waals surface area contributed by atoms with Crippen molar-refractivity contribution in [2.24, 2.45) is 0 Å². The fourth-order valence-electron chi connectivity index (χ4n) is 4.84. The second kappa shape index (κ2) is 10.4. The standard InChI is InChI=1S/C32H29NO2P2/c1-26-16-15-17-27(2)32(26)33(36(34,28-18-7-3-8-19-28)29-20-9-4-10-21-29)37(35,30-22-11-5-12-23-30)31-24-13-6-14-25-31/h3-25H,1-2H3. The third-order valence-corrected chi connectivity index (χ3v) is 13.6. The fourth-order valence-corrected chi connectivity index (χ4v) is 12.5. The minimum atomic E-state index is -3.69. The van der Waals surface area contributed by atoms with Gasteiger partial charge in [-0.3, -0.25) is 13.6 Å². The molecule has 0 heterocycles. The van der Waals surface area contributed by atoms with E-state index in [1.54, 1.807) is 4.44 Å². The molecule has 184 valence electrons. The van der Waals surface area contributed by atoms with E-state index in [4.69, 9.17) is 0 Å². The van der Waals surface area contributed by atoms with Crippen molar-refractivity contribution in [1.82, 2.24) is 0 Å². The Balaban J connectivity index is 1.98. The van der Waals surface area contributed by atoms with Gasteiger partial charge in [0.25, 0.3) is 0 Å². The van der Waals surface area contributed by atoms with E-state index in [0.717, 1.165) is 16.8 Å². The zero-order valence-corrected chi connectivity index (χ0v) is 22.7. The minimum absolute atomic E-state index is 0.635. The van der Waals surface area contributed by atoms with Crippen LogP contribution < -0.4 is 25.7 Å². The molecule has 0 amide bonds. The maximum absolute atomic E-state index is 16.0. The number of rotatable bonds is 7. The summed E-state index contributed by atoms with van der Waals surface area (Å²) in [5, 5.41) is 2.54. The molecule has 0 saturated heterocycles. The second-order valence-corrected chi connectivity index (χ2v) is 14.5. The van der Waals surface area contributed by atoms with Crippen LogP contribution in [0.4, 0.5) is 5.69 Å². The van der Waals surface area contributed by atoms with E-state index in [9.17, 15) is 0 Å². The monoisotopic (exact) mass is 521 g/mol. The molecule has 0 aliphatic carbocycles. The Morgan fingerprint density at radius 2 is 0.676 bits per heavy atom. The number of aryl methyl sites for hydroxylation is 2. The Labute approximate surface area is 219 Å². The molecular formula is C32H29NO2P2. The van der Waals surface area contributed by atoms with Gasteiger partial charge in [0.2, 0.25) is 14.6 Å². The van der Waals surface area contributed by atoms with Crippen LogP contribution in [0, 0.1) is 13.8 Å². The lowest BCUT2D eigenvalue weighted by Gasteiger charge is -2.41. The third kappa shape index (κ3) is 4.40. The van der Waals surface area contributed by atoms with Gasteiger partial charge in [0.1, 0.15) is 0 Å². The third-order valence-electron chi connectivity index (χ3n) is 6.60. The molecule has 0 spiro atoms. The minimum Gasteiger partial charge on any atom is -0.289 e. The highest BCUT2D eigenvalue weighted by Gasteiger charge is 2.48. The number of para-hydroxylation sites is 1. The van der Waals surface area contributed by atoms with Gasteiger partial charge in [-0.15, -0.1) is 0 Å². The molecule has 0 aromatic heterocycles. The van der Waals surface area contributed by atoms with E-state index in [1.807, 2.05) is 153 Å². The Morgan fingerprint density at radius 1 is 0.405 bits per heavy atom. The number of hydrogen-bond acceptors (Lipinski definition) is 2. The maximum Gasteiger partial charge on any atom is 0.235 e. The lowest BCUT2D eigenvalue weighted by molar-refractivity contribution is 0.579. The average molecular weight is 522 g/mol. The average Bonchev–Trinajstić information content (AvgIpc) is 2.96. The molecule has 3 nitrogen and oxygen atoms in total. The molecule has 0 saturated carbocycles. The summed E-state index contributed by atoms with van der Waals surface area (Å²) in [6.45, 7) is 3.99. The molecule has 0 atom stereocenters. The first-order valence-electron chi connectivity index (χ1n) is 12.3. The van der Waals surface area contributed by atoms with E-state index < -0.39 is 14.6 Å². The molecule has 0 N–H and O–H groups in total. The molecule has 0 fully saturated rings. The Bertz CT molecular complexity index is 1380. The maximum atomic E-state index is 16.0. The van der Waals surface area contributed by atoms with Crippen molar-refractivity contribution in [1.29, 1.82) is 0 Å². The molecule has 0 aliphatic heterocycles. The summed E-state index contributed by atoms with van der Waals surface area (Å²) in [7, 11) is -7.38. The summed E-state index contributed by atoms with van der Waals surface area (Å²) < 4.78 is 33.7. The van der Waals surface area contributed by atoms with Crippen LogP contribution in [-0.4, -0.2) is 0 Å². The SMILES string of the molecule is Cc1cccc(C)c1N(P(=O)(c1ccccc1)c1ccccc1)P(=O)(c1ccccc1)c1ccccc1. The molecule has 0 unspecified atom stereocenters. The van der Waals surface area contributed by atoms with Crippen LogP contribution in [-0.2, 0) is 9.13 Å². The molecule has 0 aliphatic rings. The van der Waals surface area contributed by atoms with Crippen molar-refractivity contribution in [3.63, 3.8) is 0 Å². The number of benzene rings is 5. The first kappa shape index (κ1) is 25.0. The van der Waals surface area contributed by atoms with Gasteiger partial charge < -0.3 is 0 Å². The van der Waals surface area contributed by atoms with Gasteiger partial charge >= 0.3 is 0 Å². The van der Waals surface area contributed by atoms with Gasteiger partial charge in [0.15, 0.2) is 0 Å². The number of hydrogen-bond donors (Lipinski definition) is 0. The predicted molar refractivity (Wildman–Crippen MR) is 158 cm³/mol. The normalized spacial score (nSPS) is 11.7. The van der Waals surface area contributed by atoms with E-state index in [1.165, 1.54) is 0 Å². The molecule has 0 bridgehead atoms. The van der Waals surface area contributed by atoms with Crippen LogP contribution in [0.1, 0.15) is 11.1 Å². The van der Waals surface area contributed by atoms with Crippen molar-refractivity contribution in [2.45, 2.75) is 13.8 Å². The Morgan fingerprint density at radius 3 is 0.946 bits per heavy atom. The summed E-state index contributed by atoms with van der Waals surface area (Å²) in [6, 6.07) is 43.8. The van der Waals surface area contributed by atoms with Crippen LogP contribution in [0.3, 0.4) is 0 Å². The highest BCUT2D eigenvalue weighted by molar-refractivity contribution is 7.96. The predicted octanol–water partition coefficient (Wildman–Crippen LogP) is 6.97. The Hall–Kier alpha value is -3.64. The quantitative estimate of drug-likeness (QED) is 0.217. The summed E-state index contributed by atoms with van der Waals surface area (Å²) >= 11 is 0. The van der Waals surface area contributed by atoms with E-state index in [2.05, 4.69) is 0 Å². The smallest absolute Gasteiger partial charge is 0.235 e. The van der Waals surface area contributed by atoms with Gasteiger partial charge in [-0.25, -0.2) is 0 Å². The molecule has 0 radical (unpaired) electrons. The van der Waals surface area contributed by atoms with E-state index >= 15 is 9.13 Å². The van der Waals surface area contributed by atoms with Crippen molar-refractivity contribution >= 4 is 41.5 Å². The van der Waals surface area contributed by atoms with E-state index in [-0.39, 0.29) is 0 Å². The molecule has 5 aromatic carbocycles. The summed E-state index contributed by atoms with van der Waals surface area (Å²) in [4.78, 5) is 0. The molecule has 5 heteroatoms. The highest BCUT2D eigenvalue weighted by atomic mass is 31.2. The van der Waals surface area contributed by atoms with Crippen LogP contribution in [0.15, 0.2) is 140 Å². The van der Waals surface area contributed by atoms with Crippen LogP contribution >= 0.6 is 14.6 Å². The lowest BCUT2D eigenvalue weighted by atomic mass is 10.1. The molecule has 5 aromatic rings. The Kier molecular flexibility index (Phi) is 7.02. The van der Waals surface area contributed by atoms with Crippen LogP contribution in [0.2, 0.25) is 0 Å². The van der Waals surface area contributed by atoms with Gasteiger partial charge in [-0.2, -0.15) is 0 Å². The molecule has 37 heavy (non-hydrogen) atoms. The summed E-state index contributed by atoms with van der Waals surface area (Å²) in [6.07, 6.45) is 0. The van der Waals surface area contributed by atoms with E-state index in [0.29, 0.717) is 21.2 Å². The lowest BCUT2D eigenvalue weighted by Crippen LogP contribution is -2.37. The zero-order valence-electron chi connectivity index (χ0n) is 20.9. The number of anilines is 1. The van der Waals surface area contributed by atoms with Crippen molar-refractivity contribution < 1.29 is 9.13 Å². The van der Waals surface area contributed by atoms with Gasteiger partial charge in [0.05, 0.1) is 5.69 Å². The van der Waals surface area contributed by atoms with Crippen molar-refractivity contribution in [2.75, 3.05) is 4.44 Å². The van der Waals surface area contributed by atoms with Crippen LogP contribution in [0.5, 0.6) is 0 Å². The topological polar surface area (TPSA) is 37.4 Å². The molecule has 5 rings (SSSR count). The first-order valence-corrected chi connectivity index (χ1v) is 15.6. The highest BCUT2D eigenvalue weighted by Crippen LogP contribution is 2.66. The fraction of sp³-hybridized carbons (Fsp3) is 0.0625. The van der Waals surface area contributed by atoms with Gasteiger partial charge in [0, 0.05) is 21.2 Å². The van der Waals surface area contributed by atoms with Gasteiger partial charge in [-0.1, -0.05) is 91.0 Å². The van der Waals surface area contributed by atoms with Gasteiger partial charge in [-0.05, 0) is 73.5 Å². The summed E-state index contributed by atoms with van der Waals surface area (Å²) in [5.41, 5.74) is 2.56. The first-order chi connectivity index (χ1) is 18.0.